The van der Waals surface area contributed by atoms with E-state index in [2.05, 4.69) is 56.1 Å². The molecule has 0 amide bonds. The first-order valence-electron chi connectivity index (χ1n) is 7.59. The van der Waals surface area contributed by atoms with Gasteiger partial charge in [0.15, 0.2) is 0 Å². The second-order valence-electron chi connectivity index (χ2n) is 5.45. The van der Waals surface area contributed by atoms with Gasteiger partial charge in [-0.25, -0.2) is 0 Å². The Labute approximate surface area is 159 Å². The zero-order chi connectivity index (χ0) is 17.1. The van der Waals surface area contributed by atoms with Crippen molar-refractivity contribution in [3.8, 4) is 0 Å². The Kier molecular flexibility index (Phi) is 5.27. The van der Waals surface area contributed by atoms with Gasteiger partial charge >= 0.3 is 0 Å². The fourth-order valence-corrected chi connectivity index (χ4v) is 3.26. The molecule has 0 spiro atoms. The summed E-state index contributed by atoms with van der Waals surface area (Å²) in [5.74, 6) is 0. The van der Waals surface area contributed by atoms with Crippen LogP contribution in [0.3, 0.4) is 0 Å². The van der Waals surface area contributed by atoms with Gasteiger partial charge in [0.1, 0.15) is 0 Å². The first-order valence-corrected chi connectivity index (χ1v) is 9.18. The normalized spacial score (nSPS) is 26.0. The molecular formula is C20H16Br2N2. The zero-order valence-electron chi connectivity index (χ0n) is 13.4. The van der Waals surface area contributed by atoms with Gasteiger partial charge in [0.05, 0.1) is 31.8 Å². The van der Waals surface area contributed by atoms with E-state index in [9.17, 15) is 0 Å². The highest BCUT2D eigenvalue weighted by Crippen LogP contribution is 2.33. The van der Waals surface area contributed by atoms with Gasteiger partial charge in [-0.05, 0) is 45.7 Å². The molecule has 4 heteroatoms. The average molecular weight is 444 g/mol. The summed E-state index contributed by atoms with van der Waals surface area (Å²) in [7, 11) is 0. The van der Waals surface area contributed by atoms with E-state index in [0.29, 0.717) is 0 Å². The largest absolute Gasteiger partial charge is 0.251 e. The van der Waals surface area contributed by atoms with Crippen LogP contribution in [-0.2, 0) is 0 Å². The van der Waals surface area contributed by atoms with Crippen molar-refractivity contribution in [2.45, 2.75) is 13.8 Å². The Morgan fingerprint density at radius 2 is 0.917 bits per heavy atom. The molecule has 0 saturated carbocycles. The number of rotatable bonds is 2. The molecule has 0 aromatic heterocycles. The van der Waals surface area contributed by atoms with Crippen LogP contribution in [0.4, 0.5) is 0 Å². The average Bonchev–Trinajstić information content (AvgIpc) is 2.63. The smallest absolute Gasteiger partial charge is 0.0865 e. The van der Waals surface area contributed by atoms with Crippen LogP contribution in [0, 0.1) is 0 Å². The third kappa shape index (κ3) is 3.50. The summed E-state index contributed by atoms with van der Waals surface area (Å²) in [5, 5.41) is 0. The third-order valence-electron chi connectivity index (χ3n) is 3.70. The minimum absolute atomic E-state index is 0.887. The molecule has 3 rings (SSSR count). The van der Waals surface area contributed by atoms with Gasteiger partial charge in [-0.2, -0.15) is 0 Å². The summed E-state index contributed by atoms with van der Waals surface area (Å²) in [4.78, 5) is 9.72. The van der Waals surface area contributed by atoms with E-state index in [-0.39, 0.29) is 0 Å². The summed E-state index contributed by atoms with van der Waals surface area (Å²) in [6.07, 6.45) is 0. The number of hydrogen-bond donors (Lipinski definition) is 0. The van der Waals surface area contributed by atoms with E-state index < -0.39 is 0 Å². The van der Waals surface area contributed by atoms with E-state index in [1.54, 1.807) is 0 Å². The molecule has 2 aromatic carbocycles. The van der Waals surface area contributed by atoms with Crippen molar-refractivity contribution in [1.82, 2.24) is 0 Å². The molecule has 24 heavy (non-hydrogen) atoms. The maximum atomic E-state index is 4.86. The second-order valence-corrected chi connectivity index (χ2v) is 7.04. The molecule has 2 nitrogen and oxygen atoms in total. The van der Waals surface area contributed by atoms with Gasteiger partial charge in [0.25, 0.3) is 0 Å². The van der Waals surface area contributed by atoms with Crippen molar-refractivity contribution in [3.05, 3.63) is 80.8 Å². The Morgan fingerprint density at radius 3 is 1.25 bits per heavy atom. The molecule has 1 aliphatic heterocycles. The van der Waals surface area contributed by atoms with E-state index in [1.807, 2.05) is 50.2 Å². The van der Waals surface area contributed by atoms with Gasteiger partial charge < -0.3 is 0 Å². The van der Waals surface area contributed by atoms with Gasteiger partial charge in [0, 0.05) is 11.1 Å². The number of halogens is 2. The first-order chi connectivity index (χ1) is 11.6. The molecule has 0 N–H and O–H groups in total. The van der Waals surface area contributed by atoms with E-state index in [0.717, 1.165) is 42.9 Å². The minimum Gasteiger partial charge on any atom is -0.251 e. The van der Waals surface area contributed by atoms with Crippen molar-refractivity contribution < 1.29 is 0 Å². The highest BCUT2D eigenvalue weighted by Gasteiger charge is 2.17. The maximum absolute atomic E-state index is 4.86. The van der Waals surface area contributed by atoms with Crippen LogP contribution >= 0.6 is 31.9 Å². The second kappa shape index (κ2) is 7.41. The molecule has 0 bridgehead atoms. The Morgan fingerprint density at radius 1 is 0.583 bits per heavy atom. The molecule has 0 atom stereocenters. The zero-order valence-corrected chi connectivity index (χ0v) is 16.6. The fourth-order valence-electron chi connectivity index (χ4n) is 2.45. The molecule has 0 unspecified atom stereocenters. The van der Waals surface area contributed by atoms with Crippen molar-refractivity contribution in [3.63, 3.8) is 0 Å². The van der Waals surface area contributed by atoms with Crippen LogP contribution in [0.15, 0.2) is 79.6 Å². The van der Waals surface area contributed by atoms with Crippen LogP contribution < -0.4 is 0 Å². The highest BCUT2D eigenvalue weighted by molar-refractivity contribution is 9.12. The topological polar surface area (TPSA) is 24.7 Å². The molecule has 1 heterocycles. The van der Waals surface area contributed by atoms with Crippen LogP contribution in [-0.4, -0.2) is 11.4 Å². The summed E-state index contributed by atoms with van der Waals surface area (Å²) >= 11 is 7.39. The lowest BCUT2D eigenvalue weighted by Gasteiger charge is -2.15. The Bertz CT molecular complexity index is 801. The SMILES string of the molecule is CC1=N/C(c2ccccc2)=C(Br)\C(C)=N/C(c2ccccc2)=C\1Br. The van der Waals surface area contributed by atoms with Crippen molar-refractivity contribution in [2.75, 3.05) is 0 Å². The van der Waals surface area contributed by atoms with Crippen LogP contribution in [0.2, 0.25) is 0 Å². The monoisotopic (exact) mass is 442 g/mol. The van der Waals surface area contributed by atoms with Crippen molar-refractivity contribution >= 4 is 54.7 Å². The summed E-state index contributed by atoms with van der Waals surface area (Å²) in [5.41, 5.74) is 5.67. The summed E-state index contributed by atoms with van der Waals surface area (Å²) < 4.78 is 1.81. The highest BCUT2D eigenvalue weighted by atomic mass is 79.9. The van der Waals surface area contributed by atoms with Crippen LogP contribution in [0.1, 0.15) is 25.0 Å². The molecule has 2 aromatic rings. The lowest BCUT2D eigenvalue weighted by molar-refractivity contribution is 1.43. The van der Waals surface area contributed by atoms with Crippen molar-refractivity contribution in [2.24, 2.45) is 9.98 Å². The van der Waals surface area contributed by atoms with E-state index >= 15 is 0 Å². The summed E-state index contributed by atoms with van der Waals surface area (Å²) in [6, 6.07) is 20.3. The lowest BCUT2D eigenvalue weighted by atomic mass is 10.1. The van der Waals surface area contributed by atoms with E-state index in [1.165, 1.54) is 0 Å². The van der Waals surface area contributed by atoms with Gasteiger partial charge in [0.2, 0.25) is 0 Å². The van der Waals surface area contributed by atoms with E-state index in [4.69, 9.17) is 9.98 Å². The number of hydrogen-bond acceptors (Lipinski definition) is 2. The maximum Gasteiger partial charge on any atom is 0.0865 e. The molecule has 0 radical (unpaired) electrons. The number of benzene rings is 2. The number of allylic oxidation sites excluding steroid dienone is 2. The first kappa shape index (κ1) is 17.1. The Hall–Kier alpha value is -1.78. The molecule has 0 saturated heterocycles. The molecular weight excluding hydrogens is 428 g/mol. The third-order valence-corrected chi connectivity index (χ3v) is 5.60. The minimum atomic E-state index is 0.887. The number of nitrogens with zero attached hydrogens (tertiary/aromatic N) is 2. The Balaban J connectivity index is 2.19. The predicted octanol–water partition coefficient (Wildman–Crippen LogP) is 6.45. The van der Waals surface area contributed by atoms with Gasteiger partial charge in [-0.1, -0.05) is 60.7 Å². The lowest BCUT2D eigenvalue weighted by Crippen LogP contribution is -2.04. The number of aliphatic imine (C=N–C) groups is 2. The van der Waals surface area contributed by atoms with Crippen LogP contribution in [0.25, 0.3) is 11.4 Å². The standard InChI is InChI=1S/C20H16Br2N2/c1-13-17(21)19(15-9-5-3-6-10-15)24-14(2)18(22)20(23-13)16-11-7-4-8-12-16/h3-12H,1-2H3/b17-13?,18-14?,19-17+,20-18+,23-13-,23-20?,24-14-,24-19?. The quantitative estimate of drug-likeness (QED) is 0.509. The molecule has 120 valence electrons. The molecule has 0 fully saturated rings. The van der Waals surface area contributed by atoms with Crippen molar-refractivity contribution in [1.29, 1.82) is 0 Å². The van der Waals surface area contributed by atoms with Crippen LogP contribution in [0.5, 0.6) is 0 Å². The predicted molar refractivity (Wildman–Crippen MR) is 111 cm³/mol. The summed E-state index contributed by atoms with van der Waals surface area (Å²) in [6.45, 7) is 3.98. The molecule has 0 aliphatic carbocycles. The fraction of sp³-hybridized carbons (Fsp3) is 0.100. The molecule has 1 aliphatic rings. The van der Waals surface area contributed by atoms with Gasteiger partial charge in [-0.15, -0.1) is 0 Å². The van der Waals surface area contributed by atoms with Gasteiger partial charge in [-0.3, -0.25) is 9.98 Å².